The Bertz CT molecular complexity index is 1250. The number of halogens is 2. The highest BCUT2D eigenvalue weighted by molar-refractivity contribution is 8.18. The van der Waals surface area contributed by atoms with Gasteiger partial charge in [0.25, 0.3) is 11.1 Å². The minimum absolute atomic E-state index is 0.0484. The van der Waals surface area contributed by atoms with Gasteiger partial charge in [-0.1, -0.05) is 23.7 Å². The van der Waals surface area contributed by atoms with Gasteiger partial charge in [-0.25, -0.2) is 9.18 Å². The minimum atomic E-state index is -0.571. The summed E-state index contributed by atoms with van der Waals surface area (Å²) in [7, 11) is 1.26. The Kier molecular flexibility index (Phi) is 6.16. The highest BCUT2D eigenvalue weighted by Crippen LogP contribution is 2.34. The number of methoxy groups -OCH3 is 1. The Labute approximate surface area is 191 Å². The van der Waals surface area contributed by atoms with Gasteiger partial charge in [-0.2, -0.15) is 0 Å². The fourth-order valence-corrected chi connectivity index (χ4v) is 4.08. The Balaban J connectivity index is 1.54. The Hall–Kier alpha value is -3.36. The average Bonchev–Trinajstić information content (AvgIpc) is 3.35. The van der Waals surface area contributed by atoms with Crippen molar-refractivity contribution in [3.8, 4) is 11.3 Å². The second-order valence-corrected chi connectivity index (χ2v) is 8.18. The van der Waals surface area contributed by atoms with E-state index in [1.54, 1.807) is 30.3 Å². The van der Waals surface area contributed by atoms with Crippen molar-refractivity contribution in [1.82, 2.24) is 4.90 Å². The summed E-state index contributed by atoms with van der Waals surface area (Å²) < 4.78 is 23.6. The SMILES string of the molecule is COC(=O)c1cc(-c2ccc(/C=C3/SC(=O)N(Cc4ccc(F)cc4)C3=O)o2)ccc1Cl. The van der Waals surface area contributed by atoms with E-state index in [4.69, 9.17) is 20.8 Å². The number of amides is 2. The van der Waals surface area contributed by atoms with Gasteiger partial charge in [-0.15, -0.1) is 0 Å². The number of esters is 1. The molecule has 0 aliphatic carbocycles. The van der Waals surface area contributed by atoms with Crippen molar-refractivity contribution in [3.05, 3.63) is 87.2 Å². The van der Waals surface area contributed by atoms with Crippen molar-refractivity contribution < 1.29 is 27.9 Å². The number of thioether (sulfide) groups is 1. The first-order valence-electron chi connectivity index (χ1n) is 9.33. The van der Waals surface area contributed by atoms with Crippen LogP contribution < -0.4 is 0 Å². The lowest BCUT2D eigenvalue weighted by molar-refractivity contribution is -0.123. The number of hydrogen-bond acceptors (Lipinski definition) is 6. The van der Waals surface area contributed by atoms with E-state index in [0.29, 0.717) is 22.6 Å². The van der Waals surface area contributed by atoms with E-state index in [2.05, 4.69) is 0 Å². The molecule has 1 saturated heterocycles. The quantitative estimate of drug-likeness (QED) is 0.347. The normalized spacial score (nSPS) is 15.0. The van der Waals surface area contributed by atoms with Gasteiger partial charge in [0, 0.05) is 11.6 Å². The van der Waals surface area contributed by atoms with E-state index < -0.39 is 22.9 Å². The van der Waals surface area contributed by atoms with Crippen molar-refractivity contribution in [2.45, 2.75) is 6.54 Å². The number of furan rings is 1. The number of hydrogen-bond donors (Lipinski definition) is 0. The third-order valence-corrected chi connectivity index (χ3v) is 5.92. The second kappa shape index (κ2) is 9.02. The monoisotopic (exact) mass is 471 g/mol. The van der Waals surface area contributed by atoms with Gasteiger partial charge in [0.15, 0.2) is 0 Å². The summed E-state index contributed by atoms with van der Waals surface area (Å²) in [4.78, 5) is 38.2. The molecule has 0 radical (unpaired) electrons. The maximum atomic E-state index is 13.1. The summed E-state index contributed by atoms with van der Waals surface area (Å²) in [6.07, 6.45) is 1.48. The van der Waals surface area contributed by atoms with E-state index in [1.807, 2.05) is 0 Å². The summed E-state index contributed by atoms with van der Waals surface area (Å²) in [5.41, 5.74) is 1.43. The van der Waals surface area contributed by atoms with Crippen molar-refractivity contribution in [1.29, 1.82) is 0 Å². The molecule has 6 nitrogen and oxygen atoms in total. The summed E-state index contributed by atoms with van der Waals surface area (Å²) >= 11 is 6.85. The van der Waals surface area contributed by atoms with Crippen molar-refractivity contribution in [3.63, 3.8) is 0 Å². The molecule has 2 heterocycles. The van der Waals surface area contributed by atoms with Gasteiger partial charge in [0.2, 0.25) is 0 Å². The van der Waals surface area contributed by atoms with Crippen LogP contribution in [0.2, 0.25) is 5.02 Å². The van der Waals surface area contributed by atoms with Crippen molar-refractivity contribution in [2.75, 3.05) is 7.11 Å². The number of imide groups is 1. The maximum Gasteiger partial charge on any atom is 0.339 e. The van der Waals surface area contributed by atoms with Gasteiger partial charge in [0.1, 0.15) is 17.3 Å². The van der Waals surface area contributed by atoms with E-state index in [0.717, 1.165) is 16.7 Å². The van der Waals surface area contributed by atoms with E-state index in [9.17, 15) is 18.8 Å². The number of rotatable bonds is 5. The average molecular weight is 472 g/mol. The van der Waals surface area contributed by atoms with Crippen LogP contribution in [0.25, 0.3) is 17.4 Å². The molecule has 32 heavy (non-hydrogen) atoms. The smallest absolute Gasteiger partial charge is 0.339 e. The summed E-state index contributed by atoms with van der Waals surface area (Å²) in [5.74, 6) is -0.610. The van der Waals surface area contributed by atoms with Crippen LogP contribution in [0.5, 0.6) is 0 Å². The van der Waals surface area contributed by atoms with Gasteiger partial charge in [-0.3, -0.25) is 14.5 Å². The van der Waals surface area contributed by atoms with Crippen LogP contribution in [0.1, 0.15) is 21.7 Å². The van der Waals surface area contributed by atoms with E-state index in [-0.39, 0.29) is 22.0 Å². The van der Waals surface area contributed by atoms with Crippen LogP contribution in [0, 0.1) is 5.82 Å². The Morgan fingerprint density at radius 1 is 1.16 bits per heavy atom. The lowest BCUT2D eigenvalue weighted by Crippen LogP contribution is -2.27. The molecule has 0 atom stereocenters. The van der Waals surface area contributed by atoms with Gasteiger partial charge in [-0.05, 0) is 59.8 Å². The molecule has 1 aliphatic rings. The third kappa shape index (κ3) is 4.46. The number of carbonyl (C=O) groups excluding carboxylic acids is 3. The van der Waals surface area contributed by atoms with Gasteiger partial charge >= 0.3 is 5.97 Å². The lowest BCUT2D eigenvalue weighted by atomic mass is 10.1. The Morgan fingerprint density at radius 2 is 1.91 bits per heavy atom. The van der Waals surface area contributed by atoms with Crippen LogP contribution >= 0.6 is 23.4 Å². The molecule has 0 spiro atoms. The first kappa shape index (κ1) is 21.9. The molecule has 0 bridgehead atoms. The first-order valence-corrected chi connectivity index (χ1v) is 10.5. The number of benzene rings is 2. The van der Waals surface area contributed by atoms with Crippen LogP contribution in [0.3, 0.4) is 0 Å². The molecule has 1 aliphatic heterocycles. The molecule has 0 unspecified atom stereocenters. The summed E-state index contributed by atoms with van der Waals surface area (Å²) in [6.45, 7) is 0.0484. The molecule has 0 saturated carbocycles. The number of nitrogens with zero attached hydrogens (tertiary/aromatic N) is 1. The number of ether oxygens (including phenoxy) is 1. The fraction of sp³-hybridized carbons (Fsp3) is 0.0870. The molecule has 2 aromatic carbocycles. The van der Waals surface area contributed by atoms with Crippen molar-refractivity contribution >= 4 is 46.6 Å². The molecular formula is C23H15ClFNO5S. The molecule has 4 rings (SSSR count). The summed E-state index contributed by atoms with van der Waals surface area (Å²) in [6, 6.07) is 13.7. The minimum Gasteiger partial charge on any atom is -0.465 e. The molecule has 0 N–H and O–H groups in total. The molecule has 9 heteroatoms. The topological polar surface area (TPSA) is 76.8 Å². The zero-order chi connectivity index (χ0) is 22.8. The maximum absolute atomic E-state index is 13.1. The molecule has 1 aromatic heterocycles. The van der Waals surface area contributed by atoms with Crippen LogP contribution in [-0.4, -0.2) is 29.1 Å². The summed E-state index contributed by atoms with van der Waals surface area (Å²) in [5, 5.41) is -0.167. The highest BCUT2D eigenvalue weighted by atomic mass is 35.5. The second-order valence-electron chi connectivity index (χ2n) is 6.78. The van der Waals surface area contributed by atoms with Crippen LogP contribution in [-0.2, 0) is 16.1 Å². The predicted molar refractivity (Wildman–Crippen MR) is 118 cm³/mol. The van der Waals surface area contributed by atoms with Crippen LogP contribution in [0.15, 0.2) is 63.9 Å². The zero-order valence-corrected chi connectivity index (χ0v) is 18.2. The zero-order valence-electron chi connectivity index (χ0n) is 16.6. The standard InChI is InChI=1S/C23H15ClFNO5S/c1-30-22(28)17-10-14(4-8-18(17)24)19-9-7-16(31-19)11-20-21(27)26(23(29)32-20)12-13-2-5-15(25)6-3-13/h2-11H,12H2,1H3/b20-11+. The first-order chi connectivity index (χ1) is 15.4. The van der Waals surface area contributed by atoms with Gasteiger partial charge < -0.3 is 9.15 Å². The molecule has 2 amide bonds. The Morgan fingerprint density at radius 3 is 2.62 bits per heavy atom. The fourth-order valence-electron chi connectivity index (χ4n) is 3.07. The molecular weight excluding hydrogens is 457 g/mol. The van der Waals surface area contributed by atoms with Crippen molar-refractivity contribution in [2.24, 2.45) is 0 Å². The molecule has 162 valence electrons. The third-order valence-electron chi connectivity index (χ3n) is 4.68. The van der Waals surface area contributed by atoms with Crippen LogP contribution in [0.4, 0.5) is 9.18 Å². The largest absolute Gasteiger partial charge is 0.465 e. The predicted octanol–water partition coefficient (Wildman–Crippen LogP) is 5.76. The molecule has 3 aromatic rings. The van der Waals surface area contributed by atoms with Gasteiger partial charge in [0.05, 0.1) is 29.1 Å². The highest BCUT2D eigenvalue weighted by Gasteiger charge is 2.35. The van der Waals surface area contributed by atoms with E-state index >= 15 is 0 Å². The molecule has 1 fully saturated rings. The van der Waals surface area contributed by atoms with E-state index in [1.165, 1.54) is 37.5 Å². The lowest BCUT2D eigenvalue weighted by Gasteiger charge is -2.12. The number of carbonyl (C=O) groups is 3.